The lowest BCUT2D eigenvalue weighted by atomic mass is 10.0. The van der Waals surface area contributed by atoms with Gasteiger partial charge in [-0.25, -0.2) is 0 Å². The summed E-state index contributed by atoms with van der Waals surface area (Å²) >= 11 is 0. The van der Waals surface area contributed by atoms with E-state index in [1.807, 2.05) is 38.1 Å². The highest BCUT2D eigenvalue weighted by Crippen LogP contribution is 2.29. The van der Waals surface area contributed by atoms with Crippen LogP contribution in [-0.4, -0.2) is 45.1 Å². The molecule has 1 aliphatic heterocycles. The third-order valence-electron chi connectivity index (χ3n) is 4.53. The van der Waals surface area contributed by atoms with Crippen LogP contribution >= 0.6 is 0 Å². The fraction of sp³-hybridized carbons (Fsp3) is 0.412. The minimum Gasteiger partial charge on any atom is -0.370 e. The summed E-state index contributed by atoms with van der Waals surface area (Å²) in [5.41, 5.74) is 1.94. The molecule has 1 amide bonds. The van der Waals surface area contributed by atoms with Crippen molar-refractivity contribution in [3.05, 3.63) is 56.9 Å². The Balaban J connectivity index is 1.89. The van der Waals surface area contributed by atoms with Crippen molar-refractivity contribution in [3.8, 4) is 0 Å². The van der Waals surface area contributed by atoms with Crippen LogP contribution in [0.25, 0.3) is 0 Å². The highest BCUT2D eigenvalue weighted by Gasteiger charge is 2.36. The first kappa shape index (κ1) is 17.1. The van der Waals surface area contributed by atoms with Crippen LogP contribution in [0.5, 0.6) is 0 Å². The molecule has 0 saturated carbocycles. The van der Waals surface area contributed by atoms with Gasteiger partial charge in [-0.1, -0.05) is 24.3 Å². The Morgan fingerprint density at radius 1 is 1.40 bits per heavy atom. The van der Waals surface area contributed by atoms with E-state index < -0.39 is 10.8 Å². The predicted molar refractivity (Wildman–Crippen MR) is 90.3 cm³/mol. The molecule has 1 aromatic heterocycles. The number of hydrogen-bond donors (Lipinski definition) is 1. The Labute approximate surface area is 144 Å². The molecule has 2 aromatic rings. The van der Waals surface area contributed by atoms with Gasteiger partial charge >= 0.3 is 5.69 Å². The second kappa shape index (κ2) is 6.64. The topological polar surface area (TPSA) is 101 Å². The van der Waals surface area contributed by atoms with Crippen molar-refractivity contribution >= 4 is 11.6 Å². The maximum atomic E-state index is 12.9. The number of H-pyrrole nitrogens is 1. The van der Waals surface area contributed by atoms with Gasteiger partial charge in [0.25, 0.3) is 5.91 Å². The van der Waals surface area contributed by atoms with Gasteiger partial charge in [0.1, 0.15) is 11.8 Å². The van der Waals surface area contributed by atoms with Crippen molar-refractivity contribution in [1.29, 1.82) is 0 Å². The number of aromatic amines is 1. The summed E-state index contributed by atoms with van der Waals surface area (Å²) in [5, 5.41) is 17.7. The number of amides is 1. The van der Waals surface area contributed by atoms with E-state index >= 15 is 0 Å². The molecule has 132 valence electrons. The van der Waals surface area contributed by atoms with Crippen LogP contribution in [0, 0.1) is 24.0 Å². The number of carbonyl (C=O) groups excluding carboxylic acids is 1. The molecule has 0 spiro atoms. The number of nitrogens with zero attached hydrogens (tertiary/aromatic N) is 3. The predicted octanol–water partition coefficient (Wildman–Crippen LogP) is 2.54. The molecular weight excluding hydrogens is 324 g/mol. The lowest BCUT2D eigenvalue weighted by Gasteiger charge is -2.38. The summed E-state index contributed by atoms with van der Waals surface area (Å²) in [4.78, 5) is 25.2. The van der Waals surface area contributed by atoms with Crippen molar-refractivity contribution in [3.63, 3.8) is 0 Å². The van der Waals surface area contributed by atoms with Crippen molar-refractivity contribution in [2.24, 2.45) is 0 Å². The van der Waals surface area contributed by atoms with Crippen molar-refractivity contribution in [2.45, 2.75) is 32.9 Å². The number of nitrogens with one attached hydrogen (secondary N) is 1. The lowest BCUT2D eigenvalue weighted by Crippen LogP contribution is -2.48. The summed E-state index contributed by atoms with van der Waals surface area (Å²) in [6, 6.07) is 7.65. The van der Waals surface area contributed by atoms with E-state index in [0.717, 1.165) is 11.1 Å². The van der Waals surface area contributed by atoms with Crippen LogP contribution in [0.4, 0.5) is 5.69 Å². The molecule has 1 fully saturated rings. The third kappa shape index (κ3) is 3.12. The zero-order valence-corrected chi connectivity index (χ0v) is 14.4. The van der Waals surface area contributed by atoms with Gasteiger partial charge in [-0.05, 0) is 31.9 Å². The van der Waals surface area contributed by atoms with Crippen molar-refractivity contribution in [2.75, 3.05) is 13.2 Å². The van der Waals surface area contributed by atoms with Gasteiger partial charge in [0, 0.05) is 0 Å². The van der Waals surface area contributed by atoms with Gasteiger partial charge in [-0.2, -0.15) is 5.10 Å². The molecule has 0 unspecified atom stereocenters. The zero-order chi connectivity index (χ0) is 18.1. The number of carbonyl (C=O) groups is 1. The molecule has 1 saturated heterocycles. The normalized spacial score (nSPS) is 20.5. The number of aromatic nitrogens is 2. The maximum Gasteiger partial charge on any atom is 0.322 e. The Morgan fingerprint density at radius 3 is 2.80 bits per heavy atom. The average Bonchev–Trinajstić information content (AvgIpc) is 2.97. The highest BCUT2D eigenvalue weighted by atomic mass is 16.6. The van der Waals surface area contributed by atoms with Gasteiger partial charge in [0.2, 0.25) is 5.69 Å². The molecule has 0 radical (unpaired) electrons. The summed E-state index contributed by atoms with van der Waals surface area (Å²) in [5.74, 6) is -0.453. The number of hydrogen-bond acceptors (Lipinski definition) is 5. The first-order chi connectivity index (χ1) is 11.9. The second-order valence-corrected chi connectivity index (χ2v) is 6.29. The van der Waals surface area contributed by atoms with E-state index in [1.54, 1.807) is 4.90 Å². The van der Waals surface area contributed by atoms with E-state index in [0.29, 0.717) is 13.2 Å². The number of benzene rings is 1. The van der Waals surface area contributed by atoms with Crippen LogP contribution < -0.4 is 0 Å². The first-order valence-corrected chi connectivity index (χ1v) is 8.07. The summed E-state index contributed by atoms with van der Waals surface area (Å²) in [7, 11) is 0. The maximum absolute atomic E-state index is 12.9. The van der Waals surface area contributed by atoms with Crippen LogP contribution in [-0.2, 0) is 4.74 Å². The SMILES string of the molecule is Cc1ccccc1[C@@H]1CN(C(=O)c2n[nH]c(C)c2[N+](=O)[O-])[C@@H](C)CO1. The summed E-state index contributed by atoms with van der Waals surface area (Å²) < 4.78 is 5.90. The molecule has 1 aromatic carbocycles. The van der Waals surface area contributed by atoms with Crippen LogP contribution in [0.15, 0.2) is 24.3 Å². The Morgan fingerprint density at radius 2 is 2.12 bits per heavy atom. The molecule has 25 heavy (non-hydrogen) atoms. The molecule has 1 aliphatic rings. The van der Waals surface area contributed by atoms with E-state index in [4.69, 9.17) is 4.74 Å². The van der Waals surface area contributed by atoms with E-state index in [9.17, 15) is 14.9 Å². The molecular formula is C17H20N4O4. The van der Waals surface area contributed by atoms with E-state index in [-0.39, 0.29) is 29.2 Å². The standard InChI is InChI=1S/C17H20N4O4/c1-10-6-4-5-7-13(10)14-8-20(11(2)9-25-14)17(22)15-16(21(23)24)12(3)18-19-15/h4-7,11,14H,8-9H2,1-3H3,(H,18,19)/t11-,14-/m0/s1. The second-order valence-electron chi connectivity index (χ2n) is 6.29. The van der Waals surface area contributed by atoms with Crippen LogP contribution in [0.3, 0.4) is 0 Å². The Kier molecular flexibility index (Phi) is 4.54. The molecule has 8 nitrogen and oxygen atoms in total. The van der Waals surface area contributed by atoms with Gasteiger partial charge in [0.05, 0.1) is 24.1 Å². The monoisotopic (exact) mass is 344 g/mol. The number of morpholine rings is 1. The molecule has 3 rings (SSSR count). The average molecular weight is 344 g/mol. The molecule has 2 heterocycles. The molecule has 0 bridgehead atoms. The third-order valence-corrected chi connectivity index (χ3v) is 4.53. The highest BCUT2D eigenvalue weighted by molar-refractivity contribution is 5.96. The Hall–Kier alpha value is -2.74. The first-order valence-electron chi connectivity index (χ1n) is 8.07. The van der Waals surface area contributed by atoms with E-state index in [1.165, 1.54) is 6.92 Å². The number of rotatable bonds is 3. The fourth-order valence-electron chi connectivity index (χ4n) is 3.11. The van der Waals surface area contributed by atoms with Gasteiger partial charge in [-0.15, -0.1) is 0 Å². The van der Waals surface area contributed by atoms with Gasteiger partial charge < -0.3 is 9.64 Å². The fourth-order valence-corrected chi connectivity index (χ4v) is 3.11. The minimum atomic E-state index is -0.573. The number of nitro groups is 1. The largest absolute Gasteiger partial charge is 0.370 e. The van der Waals surface area contributed by atoms with Crippen molar-refractivity contribution < 1.29 is 14.5 Å². The Bertz CT molecular complexity index is 817. The summed E-state index contributed by atoms with van der Waals surface area (Å²) in [6.45, 7) is 6.07. The molecule has 8 heteroatoms. The molecule has 1 N–H and O–H groups in total. The molecule has 2 atom stereocenters. The zero-order valence-electron chi connectivity index (χ0n) is 14.4. The number of aryl methyl sites for hydroxylation is 2. The van der Waals surface area contributed by atoms with Gasteiger partial charge in [0.15, 0.2) is 0 Å². The van der Waals surface area contributed by atoms with E-state index in [2.05, 4.69) is 10.2 Å². The lowest BCUT2D eigenvalue weighted by molar-refractivity contribution is -0.385. The van der Waals surface area contributed by atoms with Crippen molar-refractivity contribution in [1.82, 2.24) is 15.1 Å². The smallest absolute Gasteiger partial charge is 0.322 e. The minimum absolute atomic E-state index is 0.153. The summed E-state index contributed by atoms with van der Waals surface area (Å²) in [6.07, 6.45) is -0.263. The van der Waals surface area contributed by atoms with Crippen LogP contribution in [0.2, 0.25) is 0 Å². The quantitative estimate of drug-likeness (QED) is 0.681. The van der Waals surface area contributed by atoms with Gasteiger partial charge in [-0.3, -0.25) is 20.0 Å². The number of ether oxygens (including phenoxy) is 1. The van der Waals surface area contributed by atoms with Crippen LogP contribution in [0.1, 0.15) is 40.3 Å². The molecule has 0 aliphatic carbocycles.